The third-order valence-electron chi connectivity index (χ3n) is 3.64. The summed E-state index contributed by atoms with van der Waals surface area (Å²) >= 11 is 0. The Balaban J connectivity index is 1.56. The monoisotopic (exact) mass is 213 g/mol. The van der Waals surface area contributed by atoms with E-state index in [-0.39, 0.29) is 6.04 Å². The van der Waals surface area contributed by atoms with Gasteiger partial charge in [0, 0.05) is 12.6 Å². The summed E-state index contributed by atoms with van der Waals surface area (Å²) in [5.41, 5.74) is 6.10. The molecule has 88 valence electrons. The van der Waals surface area contributed by atoms with E-state index in [1.165, 1.54) is 32.1 Å². The van der Waals surface area contributed by atoms with Crippen molar-refractivity contribution in [1.29, 1.82) is 0 Å². The normalized spacial score (nSPS) is 29.8. The van der Waals surface area contributed by atoms with Gasteiger partial charge in [-0.2, -0.15) is 0 Å². The molecule has 3 nitrogen and oxygen atoms in total. The lowest BCUT2D eigenvalue weighted by Crippen LogP contribution is -2.34. The SMILES string of the molecule is NC(COCC1CCCO1)C1CCCC1. The number of rotatable bonds is 5. The highest BCUT2D eigenvalue weighted by atomic mass is 16.5. The molecule has 0 radical (unpaired) electrons. The lowest BCUT2D eigenvalue weighted by Gasteiger charge is -2.19. The standard InChI is InChI=1S/C12H23NO2/c13-12(10-4-1-2-5-10)9-14-8-11-6-3-7-15-11/h10-12H,1-9,13H2. The van der Waals surface area contributed by atoms with Crippen molar-refractivity contribution in [2.45, 2.75) is 50.7 Å². The highest BCUT2D eigenvalue weighted by Crippen LogP contribution is 2.26. The van der Waals surface area contributed by atoms with Gasteiger partial charge in [0.15, 0.2) is 0 Å². The number of hydrogen-bond donors (Lipinski definition) is 1. The topological polar surface area (TPSA) is 44.5 Å². The molecule has 0 amide bonds. The van der Waals surface area contributed by atoms with Gasteiger partial charge in [0.25, 0.3) is 0 Å². The van der Waals surface area contributed by atoms with Gasteiger partial charge in [0.2, 0.25) is 0 Å². The smallest absolute Gasteiger partial charge is 0.0809 e. The van der Waals surface area contributed by atoms with E-state index in [9.17, 15) is 0 Å². The molecule has 0 aromatic carbocycles. The molecule has 2 fully saturated rings. The molecule has 0 aromatic rings. The fraction of sp³-hybridized carbons (Fsp3) is 1.00. The average Bonchev–Trinajstić information content (AvgIpc) is 2.90. The molecule has 2 N–H and O–H groups in total. The molecule has 3 heteroatoms. The second-order valence-electron chi connectivity index (χ2n) is 4.88. The van der Waals surface area contributed by atoms with Crippen LogP contribution in [0, 0.1) is 5.92 Å². The summed E-state index contributed by atoms with van der Waals surface area (Å²) in [6.07, 6.45) is 7.96. The molecular formula is C12H23NO2. The first-order valence-corrected chi connectivity index (χ1v) is 6.31. The molecule has 15 heavy (non-hydrogen) atoms. The quantitative estimate of drug-likeness (QED) is 0.756. The van der Waals surface area contributed by atoms with Crippen molar-refractivity contribution >= 4 is 0 Å². The van der Waals surface area contributed by atoms with Crippen LogP contribution in [0.3, 0.4) is 0 Å². The second-order valence-corrected chi connectivity index (χ2v) is 4.88. The van der Waals surface area contributed by atoms with Crippen LogP contribution in [0.4, 0.5) is 0 Å². The highest BCUT2D eigenvalue weighted by Gasteiger charge is 2.22. The van der Waals surface area contributed by atoms with Gasteiger partial charge in [0.1, 0.15) is 0 Å². The predicted molar refractivity (Wildman–Crippen MR) is 59.7 cm³/mol. The first-order valence-electron chi connectivity index (χ1n) is 6.31. The summed E-state index contributed by atoms with van der Waals surface area (Å²) in [5, 5.41) is 0. The van der Waals surface area contributed by atoms with Gasteiger partial charge >= 0.3 is 0 Å². The van der Waals surface area contributed by atoms with Crippen LogP contribution >= 0.6 is 0 Å². The summed E-state index contributed by atoms with van der Waals surface area (Å²) in [7, 11) is 0. The van der Waals surface area contributed by atoms with Gasteiger partial charge in [-0.3, -0.25) is 0 Å². The van der Waals surface area contributed by atoms with E-state index < -0.39 is 0 Å². The zero-order chi connectivity index (χ0) is 10.5. The maximum atomic E-state index is 6.10. The Bertz CT molecular complexity index is 174. The molecule has 2 unspecified atom stereocenters. The van der Waals surface area contributed by atoms with E-state index in [0.717, 1.165) is 19.6 Å². The van der Waals surface area contributed by atoms with Gasteiger partial charge in [0.05, 0.1) is 19.3 Å². The maximum absolute atomic E-state index is 6.10. The molecule has 2 aliphatic rings. The minimum Gasteiger partial charge on any atom is -0.377 e. The first-order chi connectivity index (χ1) is 7.36. The minimum atomic E-state index is 0.244. The zero-order valence-electron chi connectivity index (χ0n) is 9.49. The van der Waals surface area contributed by atoms with E-state index in [1.807, 2.05) is 0 Å². The third kappa shape index (κ3) is 3.44. The van der Waals surface area contributed by atoms with Crippen molar-refractivity contribution in [1.82, 2.24) is 0 Å². The molecule has 2 rings (SSSR count). The van der Waals surface area contributed by atoms with Crippen molar-refractivity contribution in [2.75, 3.05) is 19.8 Å². The van der Waals surface area contributed by atoms with Crippen LogP contribution in [0.25, 0.3) is 0 Å². The Morgan fingerprint density at radius 3 is 2.67 bits per heavy atom. The average molecular weight is 213 g/mol. The maximum Gasteiger partial charge on any atom is 0.0809 e. The Morgan fingerprint density at radius 2 is 2.00 bits per heavy atom. The summed E-state index contributed by atoms with van der Waals surface area (Å²) < 4.78 is 11.1. The molecule has 1 saturated carbocycles. The van der Waals surface area contributed by atoms with E-state index >= 15 is 0 Å². The van der Waals surface area contributed by atoms with E-state index in [1.54, 1.807) is 0 Å². The number of hydrogen-bond acceptors (Lipinski definition) is 3. The summed E-state index contributed by atoms with van der Waals surface area (Å²) in [6.45, 7) is 2.35. The Labute approximate surface area is 92.3 Å². The zero-order valence-corrected chi connectivity index (χ0v) is 9.49. The molecule has 0 spiro atoms. The van der Waals surface area contributed by atoms with Crippen LogP contribution in [0.2, 0.25) is 0 Å². The van der Waals surface area contributed by atoms with Gasteiger partial charge in [-0.05, 0) is 31.6 Å². The van der Waals surface area contributed by atoms with Crippen molar-refractivity contribution in [2.24, 2.45) is 11.7 Å². The molecule has 1 aliphatic carbocycles. The molecule has 1 heterocycles. The van der Waals surface area contributed by atoms with Crippen LogP contribution in [0.5, 0.6) is 0 Å². The minimum absolute atomic E-state index is 0.244. The summed E-state index contributed by atoms with van der Waals surface area (Å²) in [4.78, 5) is 0. The van der Waals surface area contributed by atoms with Gasteiger partial charge in [-0.15, -0.1) is 0 Å². The molecule has 2 atom stereocenters. The van der Waals surface area contributed by atoms with E-state index in [4.69, 9.17) is 15.2 Å². The van der Waals surface area contributed by atoms with Crippen LogP contribution in [-0.2, 0) is 9.47 Å². The highest BCUT2D eigenvalue weighted by molar-refractivity contribution is 4.77. The lowest BCUT2D eigenvalue weighted by atomic mass is 10.00. The number of ether oxygens (including phenoxy) is 2. The Hall–Kier alpha value is -0.120. The summed E-state index contributed by atoms with van der Waals surface area (Å²) in [5.74, 6) is 0.703. The largest absolute Gasteiger partial charge is 0.377 e. The van der Waals surface area contributed by atoms with Crippen molar-refractivity contribution < 1.29 is 9.47 Å². The van der Waals surface area contributed by atoms with Crippen LogP contribution in [0.1, 0.15) is 38.5 Å². The first kappa shape index (κ1) is 11.4. The fourth-order valence-corrected chi connectivity index (χ4v) is 2.63. The molecule has 1 saturated heterocycles. The molecular weight excluding hydrogens is 190 g/mol. The van der Waals surface area contributed by atoms with Gasteiger partial charge in [-0.25, -0.2) is 0 Å². The predicted octanol–water partition coefficient (Wildman–Crippen LogP) is 1.70. The van der Waals surface area contributed by atoms with Gasteiger partial charge < -0.3 is 15.2 Å². The summed E-state index contributed by atoms with van der Waals surface area (Å²) in [6, 6.07) is 0.244. The van der Waals surface area contributed by atoms with Crippen LogP contribution in [0.15, 0.2) is 0 Å². The second kappa shape index (κ2) is 5.83. The van der Waals surface area contributed by atoms with Gasteiger partial charge in [-0.1, -0.05) is 12.8 Å². The third-order valence-corrected chi connectivity index (χ3v) is 3.64. The Kier molecular flexibility index (Phi) is 4.42. The number of nitrogens with two attached hydrogens (primary N) is 1. The van der Waals surface area contributed by atoms with Crippen LogP contribution in [-0.4, -0.2) is 32.0 Å². The molecule has 0 aromatic heterocycles. The van der Waals surface area contributed by atoms with Crippen molar-refractivity contribution in [3.8, 4) is 0 Å². The van der Waals surface area contributed by atoms with Crippen molar-refractivity contribution in [3.05, 3.63) is 0 Å². The van der Waals surface area contributed by atoms with E-state index in [2.05, 4.69) is 0 Å². The van der Waals surface area contributed by atoms with E-state index in [0.29, 0.717) is 18.6 Å². The lowest BCUT2D eigenvalue weighted by molar-refractivity contribution is 0.00882. The fourth-order valence-electron chi connectivity index (χ4n) is 2.63. The Morgan fingerprint density at radius 1 is 1.20 bits per heavy atom. The van der Waals surface area contributed by atoms with Crippen molar-refractivity contribution in [3.63, 3.8) is 0 Å². The van der Waals surface area contributed by atoms with Crippen LogP contribution < -0.4 is 5.73 Å². The molecule has 1 aliphatic heterocycles. The molecule has 0 bridgehead atoms.